The average molecular weight is 383 g/mol. The van der Waals surface area contributed by atoms with Gasteiger partial charge in [0.1, 0.15) is 0 Å². The van der Waals surface area contributed by atoms with Crippen molar-refractivity contribution in [2.75, 3.05) is 5.32 Å². The maximum absolute atomic E-state index is 12.4. The van der Waals surface area contributed by atoms with Crippen molar-refractivity contribution in [3.05, 3.63) is 95.9 Å². The van der Waals surface area contributed by atoms with E-state index in [4.69, 9.17) is 4.42 Å². The number of carbonyl (C=O) groups is 1. The van der Waals surface area contributed by atoms with Crippen LogP contribution in [0.2, 0.25) is 0 Å². The quantitative estimate of drug-likeness (QED) is 0.421. The second-order valence-corrected chi connectivity index (χ2v) is 6.83. The first kappa shape index (κ1) is 18.6. The van der Waals surface area contributed by atoms with E-state index in [1.54, 1.807) is 18.6 Å². The Hall–Kier alpha value is -3.73. The Labute approximate surface area is 169 Å². The van der Waals surface area contributed by atoms with Gasteiger partial charge in [0.15, 0.2) is 11.5 Å². The highest BCUT2D eigenvalue weighted by atomic mass is 16.4. The molecule has 0 aliphatic heterocycles. The lowest BCUT2D eigenvalue weighted by Crippen LogP contribution is -2.01. The van der Waals surface area contributed by atoms with E-state index >= 15 is 0 Å². The molecule has 2 heterocycles. The molecule has 0 saturated heterocycles. The van der Waals surface area contributed by atoms with Crippen LogP contribution in [0.4, 0.5) is 11.7 Å². The largest absolute Gasteiger partial charge is 0.423 e. The van der Waals surface area contributed by atoms with Crippen LogP contribution < -0.4 is 5.32 Å². The molecule has 4 aromatic rings. The van der Waals surface area contributed by atoms with Crippen molar-refractivity contribution in [1.82, 2.24) is 9.97 Å². The molecule has 144 valence electrons. The van der Waals surface area contributed by atoms with Crippen LogP contribution in [0.15, 0.2) is 83.7 Å². The SMILES string of the molecule is Cc1ccc(CCC(=O)c2ccccc2)cc1Nc1ncc(-c2ccncc2)o1. The number of aryl methyl sites for hydroxylation is 2. The Morgan fingerprint density at radius 3 is 2.62 bits per heavy atom. The third-order valence-corrected chi connectivity index (χ3v) is 4.75. The van der Waals surface area contributed by atoms with E-state index in [0.717, 1.165) is 27.9 Å². The van der Waals surface area contributed by atoms with Crippen molar-refractivity contribution in [2.45, 2.75) is 19.8 Å². The average Bonchev–Trinajstić information content (AvgIpc) is 3.24. The van der Waals surface area contributed by atoms with Crippen LogP contribution in [-0.4, -0.2) is 15.8 Å². The summed E-state index contributed by atoms with van der Waals surface area (Å²) in [4.78, 5) is 20.7. The fraction of sp³-hybridized carbons (Fsp3) is 0.125. The number of anilines is 2. The molecule has 5 nitrogen and oxygen atoms in total. The molecule has 5 heteroatoms. The van der Waals surface area contributed by atoms with Crippen LogP contribution in [0, 0.1) is 6.92 Å². The summed E-state index contributed by atoms with van der Waals surface area (Å²) in [5.74, 6) is 0.826. The van der Waals surface area contributed by atoms with Crippen LogP contribution in [-0.2, 0) is 6.42 Å². The Bertz CT molecular complexity index is 1110. The summed E-state index contributed by atoms with van der Waals surface area (Å²) in [5, 5.41) is 3.24. The van der Waals surface area contributed by atoms with Crippen LogP contribution in [0.5, 0.6) is 0 Å². The van der Waals surface area contributed by atoms with E-state index in [0.29, 0.717) is 24.6 Å². The second kappa shape index (κ2) is 8.52. The van der Waals surface area contributed by atoms with Gasteiger partial charge in [0.2, 0.25) is 0 Å². The summed E-state index contributed by atoms with van der Waals surface area (Å²) in [7, 11) is 0. The molecule has 0 aliphatic carbocycles. The maximum Gasteiger partial charge on any atom is 0.299 e. The van der Waals surface area contributed by atoms with Crippen molar-refractivity contribution < 1.29 is 9.21 Å². The van der Waals surface area contributed by atoms with Crippen molar-refractivity contribution in [3.8, 4) is 11.3 Å². The van der Waals surface area contributed by atoms with Crippen molar-refractivity contribution in [3.63, 3.8) is 0 Å². The van der Waals surface area contributed by atoms with Crippen molar-refractivity contribution in [2.24, 2.45) is 0 Å². The van der Waals surface area contributed by atoms with E-state index < -0.39 is 0 Å². The molecule has 0 atom stereocenters. The van der Waals surface area contributed by atoms with Gasteiger partial charge >= 0.3 is 0 Å². The zero-order chi connectivity index (χ0) is 20.1. The topological polar surface area (TPSA) is 68.0 Å². The maximum atomic E-state index is 12.4. The lowest BCUT2D eigenvalue weighted by molar-refractivity contribution is 0.0983. The van der Waals surface area contributed by atoms with Crippen molar-refractivity contribution >= 4 is 17.5 Å². The zero-order valence-corrected chi connectivity index (χ0v) is 16.1. The molecule has 0 saturated carbocycles. The molecule has 1 N–H and O–H groups in total. The number of hydrogen-bond acceptors (Lipinski definition) is 5. The van der Waals surface area contributed by atoms with Gasteiger partial charge in [0, 0.05) is 35.6 Å². The molecule has 29 heavy (non-hydrogen) atoms. The number of pyridine rings is 1. The number of Topliss-reactive ketones (excluding diaryl/α,β-unsaturated/α-hetero) is 1. The fourth-order valence-electron chi connectivity index (χ4n) is 3.08. The van der Waals surface area contributed by atoms with Gasteiger partial charge in [-0.15, -0.1) is 0 Å². The summed E-state index contributed by atoms with van der Waals surface area (Å²) >= 11 is 0. The predicted octanol–water partition coefficient (Wildman–Crippen LogP) is 5.60. The molecule has 4 rings (SSSR count). The summed E-state index contributed by atoms with van der Waals surface area (Å²) in [6.07, 6.45) is 6.27. The van der Waals surface area contributed by atoms with Gasteiger partial charge in [-0.1, -0.05) is 42.5 Å². The normalized spacial score (nSPS) is 10.7. The Morgan fingerprint density at radius 2 is 1.83 bits per heavy atom. The molecule has 0 bridgehead atoms. The number of hydrogen-bond donors (Lipinski definition) is 1. The summed E-state index contributed by atoms with van der Waals surface area (Å²) in [6.45, 7) is 2.02. The summed E-state index contributed by atoms with van der Waals surface area (Å²) in [6, 6.07) is 19.7. The first-order valence-corrected chi connectivity index (χ1v) is 9.50. The lowest BCUT2D eigenvalue weighted by Gasteiger charge is -2.09. The number of rotatable bonds is 7. The van der Waals surface area contributed by atoms with Gasteiger partial charge in [-0.2, -0.15) is 0 Å². The van der Waals surface area contributed by atoms with E-state index in [1.807, 2.05) is 61.5 Å². The summed E-state index contributed by atoms with van der Waals surface area (Å²) < 4.78 is 5.82. The van der Waals surface area contributed by atoms with Crippen LogP contribution in [0.1, 0.15) is 27.9 Å². The number of oxazole rings is 1. The fourth-order valence-corrected chi connectivity index (χ4v) is 3.08. The molecule has 0 aliphatic rings. The molecule has 0 radical (unpaired) electrons. The molecular formula is C24H21N3O2. The molecule has 0 spiro atoms. The highest BCUT2D eigenvalue weighted by molar-refractivity contribution is 5.96. The third kappa shape index (κ3) is 4.58. The van der Waals surface area contributed by atoms with Crippen molar-refractivity contribution in [1.29, 1.82) is 0 Å². The number of nitrogens with one attached hydrogen (secondary N) is 1. The number of carbonyl (C=O) groups excluding carboxylic acids is 1. The smallest absolute Gasteiger partial charge is 0.299 e. The van der Waals surface area contributed by atoms with Gasteiger partial charge in [0.25, 0.3) is 6.01 Å². The highest BCUT2D eigenvalue weighted by Gasteiger charge is 2.10. The molecule has 0 unspecified atom stereocenters. The van der Waals surface area contributed by atoms with Gasteiger partial charge in [-0.3, -0.25) is 9.78 Å². The molecule has 0 amide bonds. The lowest BCUT2D eigenvalue weighted by atomic mass is 10.0. The minimum atomic E-state index is 0.148. The van der Waals surface area contributed by atoms with Crippen LogP contribution in [0.3, 0.4) is 0 Å². The van der Waals surface area contributed by atoms with Crippen LogP contribution in [0.25, 0.3) is 11.3 Å². The minimum absolute atomic E-state index is 0.148. The second-order valence-electron chi connectivity index (χ2n) is 6.83. The molecule has 2 aromatic heterocycles. The zero-order valence-electron chi connectivity index (χ0n) is 16.1. The first-order valence-electron chi connectivity index (χ1n) is 9.50. The first-order chi connectivity index (χ1) is 14.2. The number of aromatic nitrogens is 2. The van der Waals surface area contributed by atoms with Gasteiger partial charge in [0.05, 0.1) is 6.20 Å². The molecule has 0 fully saturated rings. The van der Waals surface area contributed by atoms with Gasteiger partial charge in [-0.05, 0) is 42.7 Å². The summed E-state index contributed by atoms with van der Waals surface area (Å²) in [5.41, 5.74) is 4.75. The monoisotopic (exact) mass is 383 g/mol. The van der Waals surface area contributed by atoms with Gasteiger partial charge < -0.3 is 9.73 Å². The van der Waals surface area contributed by atoms with E-state index in [1.165, 1.54) is 0 Å². The Balaban J connectivity index is 1.45. The number of ketones is 1. The Kier molecular flexibility index (Phi) is 5.47. The highest BCUT2D eigenvalue weighted by Crippen LogP contribution is 2.26. The van der Waals surface area contributed by atoms with E-state index in [9.17, 15) is 4.79 Å². The molecule has 2 aromatic carbocycles. The minimum Gasteiger partial charge on any atom is -0.423 e. The van der Waals surface area contributed by atoms with Gasteiger partial charge in [-0.25, -0.2) is 4.98 Å². The van der Waals surface area contributed by atoms with Crippen LogP contribution >= 0.6 is 0 Å². The predicted molar refractivity (Wildman–Crippen MR) is 113 cm³/mol. The standard InChI is InChI=1S/C24H21N3O2/c1-17-7-8-18(9-10-22(28)19-5-3-2-4-6-19)15-21(17)27-24-26-16-23(29-24)20-11-13-25-14-12-20/h2-8,11-16H,9-10H2,1H3,(H,26,27). The van der Waals surface area contributed by atoms with E-state index in [-0.39, 0.29) is 5.78 Å². The number of benzene rings is 2. The van der Waals surface area contributed by atoms with E-state index in [2.05, 4.69) is 21.4 Å². The molecular weight excluding hydrogens is 362 g/mol. The Morgan fingerprint density at radius 1 is 1.03 bits per heavy atom. The third-order valence-electron chi connectivity index (χ3n) is 4.75. The number of nitrogens with zero attached hydrogens (tertiary/aromatic N) is 2.